The highest BCUT2D eigenvalue weighted by Crippen LogP contribution is 2.40. The second-order valence-corrected chi connectivity index (χ2v) is 7.91. The van der Waals surface area contributed by atoms with Crippen molar-refractivity contribution in [3.05, 3.63) is 29.8 Å². The minimum absolute atomic E-state index is 0.310. The van der Waals surface area contributed by atoms with Gasteiger partial charge >= 0.3 is 0 Å². The standard InChI is InChI=1S/C21H34N2O2/c1-22-13-15-23(16-14-22)17-19-7-5-3-4-6-12-21(19,24)18-8-10-20(25-2)11-9-18/h8-11,19,24H,3-7,12-17H2,1-2H3. The molecule has 4 heteroatoms. The summed E-state index contributed by atoms with van der Waals surface area (Å²) >= 11 is 0. The smallest absolute Gasteiger partial charge is 0.118 e. The molecule has 0 bridgehead atoms. The van der Waals surface area contributed by atoms with Gasteiger partial charge in [0, 0.05) is 38.6 Å². The van der Waals surface area contributed by atoms with E-state index < -0.39 is 5.60 Å². The van der Waals surface area contributed by atoms with Crippen molar-refractivity contribution in [1.82, 2.24) is 9.80 Å². The Bertz CT molecular complexity index is 525. The van der Waals surface area contributed by atoms with Crippen molar-refractivity contribution in [2.45, 2.75) is 44.1 Å². The molecule has 0 aromatic heterocycles. The van der Waals surface area contributed by atoms with E-state index in [4.69, 9.17) is 4.74 Å². The lowest BCUT2D eigenvalue weighted by Gasteiger charge is -2.42. The predicted octanol–water partition coefficient (Wildman–Crippen LogP) is 3.10. The van der Waals surface area contributed by atoms with Crippen LogP contribution in [0.2, 0.25) is 0 Å². The third-order valence-corrected chi connectivity index (χ3v) is 6.20. The Morgan fingerprint density at radius 2 is 1.72 bits per heavy atom. The number of ether oxygens (including phenoxy) is 1. The third kappa shape index (κ3) is 4.55. The van der Waals surface area contributed by atoms with E-state index in [1.165, 1.54) is 19.3 Å². The molecule has 2 atom stereocenters. The van der Waals surface area contributed by atoms with Crippen LogP contribution < -0.4 is 4.74 Å². The van der Waals surface area contributed by atoms with E-state index in [1.807, 2.05) is 12.1 Å². The topological polar surface area (TPSA) is 35.9 Å². The van der Waals surface area contributed by atoms with Crippen LogP contribution in [0.5, 0.6) is 5.75 Å². The lowest BCUT2D eigenvalue weighted by molar-refractivity contribution is -0.0574. The van der Waals surface area contributed by atoms with E-state index in [9.17, 15) is 5.11 Å². The molecular weight excluding hydrogens is 312 g/mol. The number of hydrogen-bond acceptors (Lipinski definition) is 4. The summed E-state index contributed by atoms with van der Waals surface area (Å²) in [5, 5.41) is 11.8. The highest BCUT2D eigenvalue weighted by molar-refractivity contribution is 5.31. The Hall–Kier alpha value is -1.10. The van der Waals surface area contributed by atoms with Crippen LogP contribution in [0.3, 0.4) is 0 Å². The Morgan fingerprint density at radius 1 is 1.04 bits per heavy atom. The van der Waals surface area contributed by atoms with E-state index in [0.29, 0.717) is 5.92 Å². The summed E-state index contributed by atoms with van der Waals surface area (Å²) < 4.78 is 5.30. The second kappa shape index (κ2) is 8.52. The zero-order valence-corrected chi connectivity index (χ0v) is 15.9. The van der Waals surface area contributed by atoms with Crippen molar-refractivity contribution in [2.24, 2.45) is 5.92 Å². The van der Waals surface area contributed by atoms with E-state index in [2.05, 4.69) is 29.0 Å². The minimum atomic E-state index is -0.712. The van der Waals surface area contributed by atoms with Crippen LogP contribution >= 0.6 is 0 Å². The summed E-state index contributed by atoms with van der Waals surface area (Å²) in [6, 6.07) is 8.10. The number of methoxy groups -OCH3 is 1. The Balaban J connectivity index is 1.79. The first kappa shape index (κ1) is 18.7. The van der Waals surface area contributed by atoms with Crippen molar-refractivity contribution in [3.63, 3.8) is 0 Å². The number of rotatable bonds is 4. The Morgan fingerprint density at radius 3 is 2.40 bits per heavy atom. The van der Waals surface area contributed by atoms with E-state index in [0.717, 1.165) is 63.3 Å². The van der Waals surface area contributed by atoms with Crippen LogP contribution in [0.1, 0.15) is 44.1 Å². The Kier molecular flexibility index (Phi) is 6.37. The number of likely N-dealkylation sites (N-methyl/N-ethyl adjacent to an activating group) is 1. The molecule has 140 valence electrons. The maximum atomic E-state index is 11.8. The zero-order chi connectivity index (χ0) is 17.7. The molecule has 1 heterocycles. The summed E-state index contributed by atoms with van der Waals surface area (Å²) in [5.41, 5.74) is 0.352. The number of aliphatic hydroxyl groups is 1. The lowest BCUT2D eigenvalue weighted by Crippen LogP contribution is -2.49. The number of nitrogens with zero attached hydrogens (tertiary/aromatic N) is 2. The molecule has 0 amide bonds. The van der Waals surface area contributed by atoms with Crippen LogP contribution in [0.25, 0.3) is 0 Å². The van der Waals surface area contributed by atoms with Crippen LogP contribution in [0.4, 0.5) is 0 Å². The van der Waals surface area contributed by atoms with Crippen molar-refractivity contribution >= 4 is 0 Å². The summed E-state index contributed by atoms with van der Waals surface area (Å²) in [6.45, 7) is 5.51. The third-order valence-electron chi connectivity index (χ3n) is 6.20. The molecule has 0 spiro atoms. The summed E-state index contributed by atoms with van der Waals surface area (Å²) in [5.74, 6) is 1.17. The summed E-state index contributed by atoms with van der Waals surface area (Å²) in [7, 11) is 3.89. The van der Waals surface area contributed by atoms with Gasteiger partial charge in [-0.1, -0.05) is 37.8 Å². The first-order valence-electron chi connectivity index (χ1n) is 9.89. The molecule has 2 aliphatic rings. The monoisotopic (exact) mass is 346 g/mol. The fourth-order valence-electron chi connectivity index (χ4n) is 4.43. The van der Waals surface area contributed by atoms with Gasteiger partial charge in [0.1, 0.15) is 5.75 Å². The fourth-order valence-corrected chi connectivity index (χ4v) is 4.43. The molecule has 1 aromatic carbocycles. The molecule has 1 saturated carbocycles. The molecule has 25 heavy (non-hydrogen) atoms. The van der Waals surface area contributed by atoms with Crippen LogP contribution in [-0.4, -0.2) is 61.8 Å². The molecule has 1 aliphatic heterocycles. The number of piperazine rings is 1. The number of benzene rings is 1. The van der Waals surface area contributed by atoms with Gasteiger partial charge in [-0.3, -0.25) is 0 Å². The molecule has 1 N–H and O–H groups in total. The van der Waals surface area contributed by atoms with Gasteiger partial charge < -0.3 is 19.6 Å². The van der Waals surface area contributed by atoms with Crippen LogP contribution in [-0.2, 0) is 5.60 Å². The van der Waals surface area contributed by atoms with Crippen LogP contribution in [0, 0.1) is 5.92 Å². The molecule has 1 aliphatic carbocycles. The average molecular weight is 347 g/mol. The van der Waals surface area contributed by atoms with Gasteiger partial charge in [0.15, 0.2) is 0 Å². The average Bonchev–Trinajstić information content (AvgIpc) is 2.63. The molecule has 0 radical (unpaired) electrons. The summed E-state index contributed by atoms with van der Waals surface area (Å²) in [4.78, 5) is 4.95. The molecule has 3 rings (SSSR count). The molecular formula is C21H34N2O2. The van der Waals surface area contributed by atoms with Crippen molar-refractivity contribution in [3.8, 4) is 5.75 Å². The van der Waals surface area contributed by atoms with Gasteiger partial charge in [-0.2, -0.15) is 0 Å². The molecule has 1 aromatic rings. The first-order valence-corrected chi connectivity index (χ1v) is 9.89. The van der Waals surface area contributed by atoms with Gasteiger partial charge in [-0.25, -0.2) is 0 Å². The van der Waals surface area contributed by atoms with Gasteiger partial charge in [-0.15, -0.1) is 0 Å². The molecule has 1 saturated heterocycles. The number of hydrogen-bond donors (Lipinski definition) is 1. The molecule has 2 fully saturated rings. The van der Waals surface area contributed by atoms with Gasteiger partial charge in [0.2, 0.25) is 0 Å². The van der Waals surface area contributed by atoms with Crippen molar-refractivity contribution < 1.29 is 9.84 Å². The van der Waals surface area contributed by atoms with Gasteiger partial charge in [0.05, 0.1) is 12.7 Å². The first-order chi connectivity index (χ1) is 12.1. The normalized spacial score (nSPS) is 29.8. The van der Waals surface area contributed by atoms with Crippen LogP contribution in [0.15, 0.2) is 24.3 Å². The quantitative estimate of drug-likeness (QED) is 0.909. The second-order valence-electron chi connectivity index (χ2n) is 7.91. The highest BCUT2D eigenvalue weighted by atomic mass is 16.5. The zero-order valence-electron chi connectivity index (χ0n) is 15.9. The van der Waals surface area contributed by atoms with E-state index in [1.54, 1.807) is 7.11 Å². The maximum Gasteiger partial charge on any atom is 0.118 e. The van der Waals surface area contributed by atoms with Crippen molar-refractivity contribution in [2.75, 3.05) is 46.9 Å². The largest absolute Gasteiger partial charge is 0.497 e. The fraction of sp³-hybridized carbons (Fsp3) is 0.714. The maximum absolute atomic E-state index is 11.8. The van der Waals surface area contributed by atoms with Gasteiger partial charge in [-0.05, 0) is 37.6 Å². The molecule has 4 nitrogen and oxygen atoms in total. The highest BCUT2D eigenvalue weighted by Gasteiger charge is 2.39. The SMILES string of the molecule is COc1ccc(C2(O)CCCCCCC2CN2CCN(C)CC2)cc1. The lowest BCUT2D eigenvalue weighted by atomic mass is 9.73. The Labute approximate surface area is 152 Å². The predicted molar refractivity (Wildman–Crippen MR) is 102 cm³/mol. The summed E-state index contributed by atoms with van der Waals surface area (Å²) in [6.07, 6.45) is 6.88. The molecule has 2 unspecified atom stereocenters. The van der Waals surface area contributed by atoms with E-state index >= 15 is 0 Å². The minimum Gasteiger partial charge on any atom is -0.497 e. The van der Waals surface area contributed by atoms with E-state index in [-0.39, 0.29) is 0 Å². The van der Waals surface area contributed by atoms with Crippen molar-refractivity contribution in [1.29, 1.82) is 0 Å². The van der Waals surface area contributed by atoms with Gasteiger partial charge in [0.25, 0.3) is 0 Å².